The van der Waals surface area contributed by atoms with E-state index >= 15 is 0 Å². The van der Waals surface area contributed by atoms with Crippen LogP contribution in [-0.2, 0) is 4.79 Å². The van der Waals surface area contributed by atoms with E-state index in [-0.39, 0.29) is 24.0 Å². The van der Waals surface area contributed by atoms with Crippen LogP contribution in [0.1, 0.15) is 33.6 Å². The number of Topliss-reactive ketones (excluding diaryl/α,β-unsaturated/α-hetero) is 1. The van der Waals surface area contributed by atoms with E-state index in [0.29, 0.717) is 0 Å². The molecule has 0 aromatic rings. The molecule has 1 aliphatic carbocycles. The van der Waals surface area contributed by atoms with Gasteiger partial charge in [-0.05, 0) is 5.41 Å². The molecule has 1 unspecified atom stereocenters. The van der Waals surface area contributed by atoms with Crippen LogP contribution >= 0.6 is 0 Å². The molecule has 1 rings (SSSR count). The van der Waals surface area contributed by atoms with E-state index in [1.807, 2.05) is 20.8 Å². The van der Waals surface area contributed by atoms with Crippen LogP contribution in [0.4, 0.5) is 8.78 Å². The smallest absolute Gasteiger partial charge is 0.258 e. The SMILES string of the molecule is CC(C)(C)CC(=O)C1CC1(F)F. The normalized spacial score (nSPS) is 26.9. The summed E-state index contributed by atoms with van der Waals surface area (Å²) in [5.41, 5.74) is -0.171. The van der Waals surface area contributed by atoms with Crippen LogP contribution in [0.2, 0.25) is 0 Å². The topological polar surface area (TPSA) is 17.1 Å². The lowest BCUT2D eigenvalue weighted by Gasteiger charge is -2.16. The number of hydrogen-bond acceptors (Lipinski definition) is 1. The predicted molar refractivity (Wildman–Crippen MR) is 42.1 cm³/mol. The Hall–Kier alpha value is -0.470. The van der Waals surface area contributed by atoms with Crippen LogP contribution in [0.25, 0.3) is 0 Å². The van der Waals surface area contributed by atoms with Crippen molar-refractivity contribution in [2.45, 2.75) is 39.5 Å². The summed E-state index contributed by atoms with van der Waals surface area (Å²) < 4.78 is 24.8. The summed E-state index contributed by atoms with van der Waals surface area (Å²) in [6.07, 6.45) is 0.0230. The lowest BCUT2D eigenvalue weighted by atomic mass is 9.88. The summed E-state index contributed by atoms with van der Waals surface area (Å²) in [7, 11) is 0. The first-order valence-corrected chi connectivity index (χ1v) is 4.13. The van der Waals surface area contributed by atoms with Gasteiger partial charge in [0.15, 0.2) is 0 Å². The van der Waals surface area contributed by atoms with Crippen LogP contribution in [0, 0.1) is 11.3 Å². The minimum absolute atomic E-state index is 0.171. The maximum Gasteiger partial charge on any atom is 0.258 e. The third-order valence-corrected chi connectivity index (χ3v) is 1.92. The van der Waals surface area contributed by atoms with Crippen LogP contribution in [0.5, 0.6) is 0 Å². The van der Waals surface area contributed by atoms with Crippen LogP contribution < -0.4 is 0 Å². The Balaban J connectivity index is 2.42. The maximum atomic E-state index is 12.4. The van der Waals surface area contributed by atoms with Gasteiger partial charge in [0, 0.05) is 12.8 Å². The number of carbonyl (C=O) groups is 1. The van der Waals surface area contributed by atoms with Gasteiger partial charge >= 0.3 is 0 Å². The largest absolute Gasteiger partial charge is 0.299 e. The van der Waals surface area contributed by atoms with E-state index in [4.69, 9.17) is 0 Å². The lowest BCUT2D eigenvalue weighted by Crippen LogP contribution is -2.16. The highest BCUT2D eigenvalue weighted by atomic mass is 19.3. The second-order valence-electron chi connectivity index (χ2n) is 4.72. The van der Waals surface area contributed by atoms with Crippen molar-refractivity contribution in [2.75, 3.05) is 0 Å². The van der Waals surface area contributed by atoms with Crippen molar-refractivity contribution >= 4 is 5.78 Å². The van der Waals surface area contributed by atoms with Gasteiger partial charge < -0.3 is 0 Å². The van der Waals surface area contributed by atoms with Crippen molar-refractivity contribution in [1.29, 1.82) is 0 Å². The first-order valence-electron chi connectivity index (χ1n) is 4.13. The molecule has 0 aromatic carbocycles. The van der Waals surface area contributed by atoms with Gasteiger partial charge in [0.1, 0.15) is 5.78 Å². The number of ketones is 1. The Labute approximate surface area is 71.1 Å². The Bertz CT molecular complexity index is 203. The van der Waals surface area contributed by atoms with Gasteiger partial charge in [0.2, 0.25) is 0 Å². The van der Waals surface area contributed by atoms with Gasteiger partial charge in [-0.1, -0.05) is 20.8 Å². The van der Waals surface area contributed by atoms with Crippen molar-refractivity contribution < 1.29 is 13.6 Å². The molecular weight excluding hydrogens is 162 g/mol. The molecule has 0 bridgehead atoms. The van der Waals surface area contributed by atoms with E-state index in [1.165, 1.54) is 0 Å². The zero-order chi connectivity index (χ0) is 9.57. The predicted octanol–water partition coefficient (Wildman–Crippen LogP) is 2.65. The van der Waals surface area contributed by atoms with Gasteiger partial charge in [0.05, 0.1) is 5.92 Å². The van der Waals surface area contributed by atoms with Crippen LogP contribution in [0.3, 0.4) is 0 Å². The minimum atomic E-state index is -2.69. The average Bonchev–Trinajstić information content (AvgIpc) is 2.35. The van der Waals surface area contributed by atoms with E-state index in [9.17, 15) is 13.6 Å². The molecule has 0 heterocycles. The van der Waals surface area contributed by atoms with Crippen molar-refractivity contribution in [3.63, 3.8) is 0 Å². The third kappa shape index (κ3) is 2.26. The fourth-order valence-corrected chi connectivity index (χ4v) is 1.21. The molecule has 0 saturated heterocycles. The molecule has 1 atom stereocenters. The molecule has 0 amide bonds. The highest BCUT2D eigenvalue weighted by molar-refractivity contribution is 5.85. The van der Waals surface area contributed by atoms with E-state index in [0.717, 1.165) is 0 Å². The Morgan fingerprint density at radius 2 is 1.92 bits per heavy atom. The van der Waals surface area contributed by atoms with Gasteiger partial charge in [-0.2, -0.15) is 0 Å². The number of carbonyl (C=O) groups excluding carboxylic acids is 1. The molecule has 1 aliphatic rings. The van der Waals surface area contributed by atoms with Crippen LogP contribution in [0.15, 0.2) is 0 Å². The maximum absolute atomic E-state index is 12.4. The monoisotopic (exact) mass is 176 g/mol. The molecule has 1 saturated carbocycles. The number of alkyl halides is 2. The highest BCUT2D eigenvalue weighted by Crippen LogP contribution is 2.50. The highest BCUT2D eigenvalue weighted by Gasteiger charge is 2.60. The zero-order valence-corrected chi connectivity index (χ0v) is 7.66. The van der Waals surface area contributed by atoms with Gasteiger partial charge in [-0.25, -0.2) is 8.78 Å². The van der Waals surface area contributed by atoms with E-state index in [1.54, 1.807) is 0 Å². The molecule has 0 radical (unpaired) electrons. The summed E-state index contributed by atoms with van der Waals surface area (Å²) in [6, 6.07) is 0. The molecule has 0 N–H and O–H groups in total. The van der Waals surface area contributed by atoms with Crippen molar-refractivity contribution in [3.8, 4) is 0 Å². The molecule has 0 spiro atoms. The summed E-state index contributed by atoms with van der Waals surface area (Å²) in [5.74, 6) is -3.95. The van der Waals surface area contributed by atoms with E-state index in [2.05, 4.69) is 0 Å². The number of halogens is 2. The lowest BCUT2D eigenvalue weighted by molar-refractivity contribution is -0.124. The quantitative estimate of drug-likeness (QED) is 0.632. The average molecular weight is 176 g/mol. The fourth-order valence-electron chi connectivity index (χ4n) is 1.21. The standard InChI is InChI=1S/C9H14F2O/c1-8(2,3)5-7(12)6-4-9(6,10)11/h6H,4-5H2,1-3H3. The third-order valence-electron chi connectivity index (χ3n) is 1.92. The molecule has 12 heavy (non-hydrogen) atoms. The van der Waals surface area contributed by atoms with Crippen molar-refractivity contribution in [2.24, 2.45) is 11.3 Å². The van der Waals surface area contributed by atoms with Gasteiger partial charge in [0.25, 0.3) is 5.92 Å². The zero-order valence-electron chi connectivity index (χ0n) is 7.66. The summed E-state index contributed by atoms with van der Waals surface area (Å²) in [6.45, 7) is 5.64. The molecular formula is C9H14F2O. The van der Waals surface area contributed by atoms with E-state index < -0.39 is 11.8 Å². The molecule has 0 aliphatic heterocycles. The Morgan fingerprint density at radius 1 is 1.50 bits per heavy atom. The second-order valence-corrected chi connectivity index (χ2v) is 4.72. The van der Waals surface area contributed by atoms with Crippen LogP contribution in [-0.4, -0.2) is 11.7 Å². The molecule has 1 fully saturated rings. The molecule has 70 valence electrons. The number of rotatable bonds is 2. The molecule has 3 heteroatoms. The summed E-state index contributed by atoms with van der Waals surface area (Å²) in [4.78, 5) is 11.2. The minimum Gasteiger partial charge on any atom is -0.299 e. The van der Waals surface area contributed by atoms with Crippen molar-refractivity contribution in [3.05, 3.63) is 0 Å². The molecule has 0 aromatic heterocycles. The van der Waals surface area contributed by atoms with Gasteiger partial charge in [-0.15, -0.1) is 0 Å². The number of hydrogen-bond donors (Lipinski definition) is 0. The first-order chi connectivity index (χ1) is 5.22. The second kappa shape index (κ2) is 2.51. The Kier molecular flexibility index (Phi) is 2.01. The first kappa shape index (κ1) is 9.62. The fraction of sp³-hybridized carbons (Fsp3) is 0.889. The van der Waals surface area contributed by atoms with Gasteiger partial charge in [-0.3, -0.25) is 4.79 Å². The molecule has 1 nitrogen and oxygen atoms in total. The summed E-state index contributed by atoms with van der Waals surface area (Å²) >= 11 is 0. The Morgan fingerprint density at radius 3 is 2.17 bits per heavy atom. The van der Waals surface area contributed by atoms with Crippen molar-refractivity contribution in [1.82, 2.24) is 0 Å². The summed E-state index contributed by atoms with van der Waals surface area (Å²) in [5, 5.41) is 0.